The largest absolute Gasteiger partial charge is 0.494 e. The monoisotopic (exact) mass is 355 g/mol. The van der Waals surface area contributed by atoms with Crippen LogP contribution in [0, 0.1) is 0 Å². The predicted molar refractivity (Wildman–Crippen MR) is 96.5 cm³/mol. The van der Waals surface area contributed by atoms with Gasteiger partial charge < -0.3 is 19.1 Å². The van der Waals surface area contributed by atoms with E-state index in [0.29, 0.717) is 18.0 Å². The average molecular weight is 355 g/mol. The molecule has 0 fully saturated rings. The number of ether oxygens (including phenoxy) is 3. The highest BCUT2D eigenvalue weighted by molar-refractivity contribution is 5.97. The lowest BCUT2D eigenvalue weighted by molar-refractivity contribution is -0.148. The molecule has 0 radical (unpaired) electrons. The Hall–Kier alpha value is -3.02. The van der Waals surface area contributed by atoms with Crippen LogP contribution in [-0.2, 0) is 20.7 Å². The van der Waals surface area contributed by atoms with Crippen molar-refractivity contribution in [3.8, 4) is 11.5 Å². The van der Waals surface area contributed by atoms with Gasteiger partial charge in [0.15, 0.2) is 0 Å². The van der Waals surface area contributed by atoms with Crippen LogP contribution < -0.4 is 14.4 Å². The molecule has 0 spiro atoms. The average Bonchev–Trinajstić information content (AvgIpc) is 2.68. The van der Waals surface area contributed by atoms with Crippen molar-refractivity contribution >= 4 is 17.6 Å². The molecule has 1 aliphatic heterocycles. The fourth-order valence-electron chi connectivity index (χ4n) is 2.87. The summed E-state index contributed by atoms with van der Waals surface area (Å²) in [7, 11) is 1.30. The highest BCUT2D eigenvalue weighted by Gasteiger charge is 2.34. The summed E-state index contributed by atoms with van der Waals surface area (Å²) >= 11 is 0. The van der Waals surface area contributed by atoms with Crippen molar-refractivity contribution in [1.29, 1.82) is 0 Å². The molecular weight excluding hydrogens is 334 g/mol. The van der Waals surface area contributed by atoms with E-state index in [1.807, 2.05) is 37.3 Å². The first-order valence-corrected chi connectivity index (χ1v) is 8.48. The first-order valence-electron chi connectivity index (χ1n) is 8.48. The Balaban J connectivity index is 1.79. The van der Waals surface area contributed by atoms with E-state index >= 15 is 0 Å². The van der Waals surface area contributed by atoms with Crippen molar-refractivity contribution in [2.24, 2.45) is 0 Å². The SMILES string of the molecule is CCOc1ccc(CC(=O)N2C[C@@H](C(=O)OC)Oc3ccccc32)cc1. The van der Waals surface area contributed by atoms with E-state index in [1.54, 1.807) is 23.1 Å². The van der Waals surface area contributed by atoms with Crippen molar-refractivity contribution in [2.45, 2.75) is 19.4 Å². The maximum Gasteiger partial charge on any atom is 0.348 e. The number of benzene rings is 2. The normalized spacial score (nSPS) is 15.6. The summed E-state index contributed by atoms with van der Waals surface area (Å²) < 4.78 is 15.9. The second-order valence-electron chi connectivity index (χ2n) is 5.86. The van der Waals surface area contributed by atoms with Gasteiger partial charge in [0.1, 0.15) is 11.5 Å². The number of amides is 1. The molecule has 6 heteroatoms. The van der Waals surface area contributed by atoms with Gasteiger partial charge in [0.05, 0.1) is 32.4 Å². The van der Waals surface area contributed by atoms with Gasteiger partial charge in [-0.1, -0.05) is 24.3 Å². The molecule has 0 N–H and O–H groups in total. The topological polar surface area (TPSA) is 65.1 Å². The Kier molecular flexibility index (Phi) is 5.41. The van der Waals surface area contributed by atoms with Crippen LogP contribution in [0.2, 0.25) is 0 Å². The van der Waals surface area contributed by atoms with Crippen LogP contribution in [0.15, 0.2) is 48.5 Å². The molecule has 0 saturated carbocycles. The number of esters is 1. The number of rotatable bonds is 5. The highest BCUT2D eigenvalue weighted by Crippen LogP contribution is 2.33. The quantitative estimate of drug-likeness (QED) is 0.772. The van der Waals surface area contributed by atoms with Crippen LogP contribution in [0.4, 0.5) is 5.69 Å². The van der Waals surface area contributed by atoms with E-state index in [9.17, 15) is 9.59 Å². The van der Waals surface area contributed by atoms with Crippen LogP contribution in [0.25, 0.3) is 0 Å². The minimum atomic E-state index is -0.834. The molecule has 2 aromatic rings. The molecule has 136 valence electrons. The molecule has 0 aromatic heterocycles. The first kappa shape index (κ1) is 17.8. The molecule has 1 aliphatic rings. The lowest BCUT2D eigenvalue weighted by Crippen LogP contribution is -2.48. The minimum absolute atomic E-state index is 0.112. The molecule has 0 saturated heterocycles. The zero-order chi connectivity index (χ0) is 18.5. The maximum atomic E-state index is 12.9. The molecule has 0 unspecified atom stereocenters. The first-order chi connectivity index (χ1) is 12.6. The van der Waals surface area contributed by atoms with Gasteiger partial charge in [-0.05, 0) is 36.8 Å². The van der Waals surface area contributed by atoms with Gasteiger partial charge in [0.2, 0.25) is 12.0 Å². The smallest absolute Gasteiger partial charge is 0.348 e. The third-order valence-electron chi connectivity index (χ3n) is 4.13. The van der Waals surface area contributed by atoms with Crippen LogP contribution >= 0.6 is 0 Å². The number of nitrogens with zero attached hydrogens (tertiary/aromatic N) is 1. The number of hydrogen-bond donors (Lipinski definition) is 0. The third-order valence-corrected chi connectivity index (χ3v) is 4.13. The van der Waals surface area contributed by atoms with Crippen molar-refractivity contribution in [3.63, 3.8) is 0 Å². The lowest BCUT2D eigenvalue weighted by Gasteiger charge is -2.33. The molecule has 26 heavy (non-hydrogen) atoms. The number of fused-ring (bicyclic) bond motifs is 1. The summed E-state index contributed by atoms with van der Waals surface area (Å²) in [5.74, 6) is 0.651. The summed E-state index contributed by atoms with van der Waals surface area (Å²) in [4.78, 5) is 26.4. The van der Waals surface area contributed by atoms with Gasteiger partial charge in [-0.2, -0.15) is 0 Å². The summed E-state index contributed by atoms with van der Waals surface area (Å²) in [6, 6.07) is 14.6. The molecule has 3 rings (SSSR count). The molecule has 1 heterocycles. The number of anilines is 1. The number of carbonyl (C=O) groups is 2. The summed E-state index contributed by atoms with van der Waals surface area (Å²) in [5, 5.41) is 0. The maximum absolute atomic E-state index is 12.9. The van der Waals surface area contributed by atoms with E-state index in [2.05, 4.69) is 0 Å². The number of methoxy groups -OCH3 is 1. The Morgan fingerprint density at radius 2 is 1.88 bits per heavy atom. The van der Waals surface area contributed by atoms with Crippen molar-refractivity contribution in [2.75, 3.05) is 25.2 Å². The van der Waals surface area contributed by atoms with Crippen molar-refractivity contribution in [1.82, 2.24) is 0 Å². The van der Waals surface area contributed by atoms with Gasteiger partial charge in [0.25, 0.3) is 0 Å². The summed E-state index contributed by atoms with van der Waals surface area (Å²) in [5.41, 5.74) is 1.53. The number of para-hydroxylation sites is 2. The Morgan fingerprint density at radius 1 is 1.15 bits per heavy atom. The summed E-state index contributed by atoms with van der Waals surface area (Å²) in [6.07, 6.45) is -0.617. The van der Waals surface area contributed by atoms with Gasteiger partial charge in [-0.25, -0.2) is 4.79 Å². The molecule has 2 aromatic carbocycles. The molecule has 1 atom stereocenters. The fraction of sp³-hybridized carbons (Fsp3) is 0.300. The van der Waals surface area contributed by atoms with E-state index in [1.165, 1.54) is 7.11 Å². The molecular formula is C20H21NO5. The van der Waals surface area contributed by atoms with E-state index < -0.39 is 12.1 Å². The zero-order valence-electron chi connectivity index (χ0n) is 14.8. The summed E-state index contributed by atoms with van der Waals surface area (Å²) in [6.45, 7) is 2.64. The van der Waals surface area contributed by atoms with Crippen LogP contribution in [0.3, 0.4) is 0 Å². The van der Waals surface area contributed by atoms with E-state index in [0.717, 1.165) is 11.3 Å². The van der Waals surface area contributed by atoms with Crippen LogP contribution in [0.1, 0.15) is 12.5 Å². The standard InChI is InChI=1S/C20H21NO5/c1-3-25-15-10-8-14(9-11-15)12-19(22)21-13-18(20(23)24-2)26-17-7-5-4-6-16(17)21/h4-11,18H,3,12-13H2,1-2H3/t18-/m0/s1. The van der Waals surface area contributed by atoms with E-state index in [-0.39, 0.29) is 18.9 Å². The predicted octanol–water partition coefficient (Wildman–Crippen LogP) is 2.60. The zero-order valence-corrected chi connectivity index (χ0v) is 14.8. The molecule has 0 aliphatic carbocycles. The number of carbonyl (C=O) groups excluding carboxylic acids is 2. The van der Waals surface area contributed by atoms with E-state index in [4.69, 9.17) is 14.2 Å². The van der Waals surface area contributed by atoms with Gasteiger partial charge >= 0.3 is 5.97 Å². The Bertz CT molecular complexity index is 787. The van der Waals surface area contributed by atoms with Gasteiger partial charge in [-0.15, -0.1) is 0 Å². The fourth-order valence-corrected chi connectivity index (χ4v) is 2.87. The molecule has 0 bridgehead atoms. The van der Waals surface area contributed by atoms with Crippen LogP contribution in [-0.4, -0.2) is 38.2 Å². The molecule has 1 amide bonds. The van der Waals surface area contributed by atoms with Crippen molar-refractivity contribution in [3.05, 3.63) is 54.1 Å². The second kappa shape index (κ2) is 7.91. The number of hydrogen-bond acceptors (Lipinski definition) is 5. The Labute approximate surface area is 152 Å². The Morgan fingerprint density at radius 3 is 2.58 bits per heavy atom. The second-order valence-corrected chi connectivity index (χ2v) is 5.86. The van der Waals surface area contributed by atoms with Gasteiger partial charge in [0, 0.05) is 0 Å². The highest BCUT2D eigenvalue weighted by atomic mass is 16.6. The van der Waals surface area contributed by atoms with Gasteiger partial charge in [-0.3, -0.25) is 4.79 Å². The molecule has 6 nitrogen and oxygen atoms in total. The lowest BCUT2D eigenvalue weighted by atomic mass is 10.1. The van der Waals surface area contributed by atoms with Crippen LogP contribution in [0.5, 0.6) is 11.5 Å². The minimum Gasteiger partial charge on any atom is -0.494 e. The van der Waals surface area contributed by atoms with Crippen molar-refractivity contribution < 1.29 is 23.8 Å². The third kappa shape index (κ3) is 3.79.